The Labute approximate surface area is 59.5 Å². The van der Waals surface area contributed by atoms with Crippen LogP contribution in [0.2, 0.25) is 0 Å². The highest BCUT2D eigenvalue weighted by Gasteiger charge is 2.15. The molecule has 0 aromatic carbocycles. The Bertz CT molecular complexity index is 147. The summed E-state index contributed by atoms with van der Waals surface area (Å²) in [5, 5.41) is 30.9. The van der Waals surface area contributed by atoms with Crippen molar-refractivity contribution in [1.29, 1.82) is 0 Å². The number of amides is 4. The van der Waals surface area contributed by atoms with Gasteiger partial charge in [-0.2, -0.15) is 0 Å². The maximum absolute atomic E-state index is 10.1. The van der Waals surface area contributed by atoms with Crippen molar-refractivity contribution in [2.24, 2.45) is 0 Å². The van der Waals surface area contributed by atoms with E-state index in [9.17, 15) is 9.59 Å². The lowest BCUT2D eigenvalue weighted by Gasteiger charge is -2.08. The molecule has 0 saturated carbocycles. The number of rotatable bonds is 0. The zero-order valence-corrected chi connectivity index (χ0v) is 5.00. The van der Waals surface area contributed by atoms with Gasteiger partial charge >= 0.3 is 12.1 Å². The smallest absolute Gasteiger partial charge is 0.260 e. The van der Waals surface area contributed by atoms with Crippen molar-refractivity contribution in [1.82, 2.24) is 15.8 Å². The Morgan fingerprint density at radius 3 is 1.36 bits per heavy atom. The van der Waals surface area contributed by atoms with Gasteiger partial charge in [-0.05, 0) is 0 Å². The minimum atomic E-state index is -1.62. The molecule has 0 radical (unpaired) electrons. The predicted molar refractivity (Wildman–Crippen MR) is 24.8 cm³/mol. The summed E-state index contributed by atoms with van der Waals surface area (Å²) in [6.45, 7) is 0. The quantitative estimate of drug-likeness (QED) is 0.231. The summed E-state index contributed by atoms with van der Waals surface area (Å²) in [5.74, 6) is 0. The van der Waals surface area contributed by atoms with E-state index in [2.05, 4.69) is 0 Å². The molecule has 9 nitrogen and oxygen atoms in total. The lowest BCUT2D eigenvalue weighted by molar-refractivity contribution is -0.266. The number of urea groups is 2. The highest BCUT2D eigenvalue weighted by Crippen LogP contribution is 1.79. The van der Waals surface area contributed by atoms with Crippen LogP contribution in [0.1, 0.15) is 0 Å². The van der Waals surface area contributed by atoms with Crippen molar-refractivity contribution in [2.45, 2.75) is 0 Å². The molecule has 0 aromatic heterocycles. The van der Waals surface area contributed by atoms with Crippen molar-refractivity contribution in [3.8, 4) is 0 Å². The van der Waals surface area contributed by atoms with Crippen LogP contribution in [0.25, 0.3) is 0 Å². The molecular formula is C2H5N3O6. The van der Waals surface area contributed by atoms with Crippen LogP contribution >= 0.6 is 0 Å². The Kier molecular flexibility index (Phi) is 3.20. The molecule has 0 bridgehead atoms. The fraction of sp³-hybridized carbons (Fsp3) is 0. The molecule has 0 fully saturated rings. The highest BCUT2D eigenvalue weighted by molar-refractivity contribution is 5.91. The van der Waals surface area contributed by atoms with Gasteiger partial charge in [-0.1, -0.05) is 10.5 Å². The number of hydroxylamine groups is 4. The summed E-state index contributed by atoms with van der Waals surface area (Å²) >= 11 is 0. The molecule has 0 spiro atoms. The van der Waals surface area contributed by atoms with Crippen molar-refractivity contribution in [3.05, 3.63) is 0 Å². The summed E-state index contributed by atoms with van der Waals surface area (Å²) in [6, 6.07) is -3.24. The van der Waals surface area contributed by atoms with E-state index in [0.29, 0.717) is 0 Å². The third kappa shape index (κ3) is 3.32. The van der Waals surface area contributed by atoms with E-state index in [0.717, 1.165) is 5.32 Å². The van der Waals surface area contributed by atoms with Gasteiger partial charge < -0.3 is 0 Å². The van der Waals surface area contributed by atoms with E-state index in [1.165, 1.54) is 0 Å². The molecule has 9 heteroatoms. The van der Waals surface area contributed by atoms with Gasteiger partial charge in [0.1, 0.15) is 0 Å². The van der Waals surface area contributed by atoms with E-state index in [1.807, 2.05) is 0 Å². The molecule has 0 aromatic rings. The number of carbonyl (C=O) groups excluding carboxylic acids is 2. The Morgan fingerprint density at radius 1 is 0.909 bits per heavy atom. The Hall–Kier alpha value is -1.42. The maximum atomic E-state index is 10.1. The molecular weight excluding hydrogens is 162 g/mol. The normalized spacial score (nSPS) is 8.73. The first-order valence-electron chi connectivity index (χ1n) is 2.16. The van der Waals surface area contributed by atoms with Crippen LogP contribution in [-0.4, -0.2) is 43.3 Å². The number of hydrogen-bond donors (Lipinski definition) is 5. The minimum absolute atomic E-state index is 0.929. The summed E-state index contributed by atoms with van der Waals surface area (Å²) in [5.41, 5.74) is 0. The number of nitrogens with one attached hydrogen (secondary N) is 1. The van der Waals surface area contributed by atoms with E-state index in [1.54, 1.807) is 0 Å². The lowest BCUT2D eigenvalue weighted by Crippen LogP contribution is -2.44. The number of hydrogen-bond acceptors (Lipinski definition) is 6. The fourth-order valence-corrected chi connectivity index (χ4v) is 0.191. The van der Waals surface area contributed by atoms with Gasteiger partial charge in [-0.3, -0.25) is 26.1 Å². The molecule has 0 aliphatic carbocycles. The van der Waals surface area contributed by atoms with Gasteiger partial charge in [0.15, 0.2) is 0 Å². The van der Waals surface area contributed by atoms with Crippen molar-refractivity contribution in [3.63, 3.8) is 0 Å². The van der Waals surface area contributed by atoms with Crippen molar-refractivity contribution < 1.29 is 30.4 Å². The molecule has 5 N–H and O–H groups in total. The monoisotopic (exact) mass is 167 g/mol. The number of imide groups is 1. The SMILES string of the molecule is O=C(NC(=O)N(O)O)N(O)O. The molecule has 0 unspecified atom stereocenters. The minimum Gasteiger partial charge on any atom is -0.260 e. The second-order valence-corrected chi connectivity index (χ2v) is 1.31. The maximum Gasteiger partial charge on any atom is 0.374 e. The number of nitrogens with zero attached hydrogens (tertiary/aromatic N) is 2. The first-order chi connectivity index (χ1) is 4.95. The Morgan fingerprint density at radius 2 is 1.18 bits per heavy atom. The van der Waals surface area contributed by atoms with Gasteiger partial charge in [-0.25, -0.2) is 9.59 Å². The topological polar surface area (TPSA) is 134 Å². The molecule has 0 atom stereocenters. The van der Waals surface area contributed by atoms with Crippen LogP contribution in [-0.2, 0) is 0 Å². The second-order valence-electron chi connectivity index (χ2n) is 1.31. The highest BCUT2D eigenvalue weighted by atomic mass is 16.8. The van der Waals surface area contributed by atoms with Crippen LogP contribution in [0.5, 0.6) is 0 Å². The van der Waals surface area contributed by atoms with Gasteiger partial charge in [0.25, 0.3) is 0 Å². The predicted octanol–water partition coefficient (Wildman–Crippen LogP) is -1.02. The molecule has 0 aliphatic heterocycles. The first kappa shape index (κ1) is 9.58. The third-order valence-corrected chi connectivity index (χ3v) is 0.577. The van der Waals surface area contributed by atoms with Crippen LogP contribution < -0.4 is 5.32 Å². The summed E-state index contributed by atoms with van der Waals surface area (Å²) < 4.78 is 0. The first-order valence-corrected chi connectivity index (χ1v) is 2.16. The molecule has 0 heterocycles. The van der Waals surface area contributed by atoms with Gasteiger partial charge in [0.2, 0.25) is 0 Å². The molecule has 64 valence electrons. The summed E-state index contributed by atoms with van der Waals surface area (Å²) in [4.78, 5) is 20.2. The van der Waals surface area contributed by atoms with Crippen molar-refractivity contribution in [2.75, 3.05) is 0 Å². The van der Waals surface area contributed by atoms with E-state index < -0.39 is 22.5 Å². The molecule has 4 amide bonds. The second kappa shape index (κ2) is 3.68. The standard InChI is InChI=1S/C2H5N3O6/c6-1(4(8)9)3-2(7)5(10)11/h8-11H,(H,3,6,7). The van der Waals surface area contributed by atoms with E-state index >= 15 is 0 Å². The molecule has 11 heavy (non-hydrogen) atoms. The summed E-state index contributed by atoms with van der Waals surface area (Å²) in [7, 11) is 0. The fourth-order valence-electron chi connectivity index (χ4n) is 0.191. The Balaban J connectivity index is 3.86. The average molecular weight is 167 g/mol. The van der Waals surface area contributed by atoms with Crippen LogP contribution in [0, 0.1) is 0 Å². The van der Waals surface area contributed by atoms with E-state index in [-0.39, 0.29) is 0 Å². The largest absolute Gasteiger partial charge is 0.374 e. The number of carbonyl (C=O) groups is 2. The lowest BCUT2D eigenvalue weighted by atomic mass is 10.9. The van der Waals surface area contributed by atoms with Crippen LogP contribution in [0.3, 0.4) is 0 Å². The molecule has 0 saturated heterocycles. The molecule has 0 rings (SSSR count). The van der Waals surface area contributed by atoms with Gasteiger partial charge in [0, 0.05) is 0 Å². The zero-order valence-electron chi connectivity index (χ0n) is 5.00. The van der Waals surface area contributed by atoms with Gasteiger partial charge in [0.05, 0.1) is 0 Å². The average Bonchev–Trinajstić information content (AvgIpc) is 1.87. The molecule has 0 aliphatic rings. The van der Waals surface area contributed by atoms with Crippen molar-refractivity contribution >= 4 is 12.1 Å². The third-order valence-electron chi connectivity index (χ3n) is 0.577. The zero-order chi connectivity index (χ0) is 9.02. The van der Waals surface area contributed by atoms with Crippen LogP contribution in [0.4, 0.5) is 9.59 Å². The van der Waals surface area contributed by atoms with Crippen LogP contribution in [0.15, 0.2) is 0 Å². The van der Waals surface area contributed by atoms with E-state index in [4.69, 9.17) is 20.8 Å². The van der Waals surface area contributed by atoms with Gasteiger partial charge in [-0.15, -0.1) is 0 Å². The summed E-state index contributed by atoms with van der Waals surface area (Å²) in [6.07, 6.45) is 0.